The van der Waals surface area contributed by atoms with Gasteiger partial charge in [-0.3, -0.25) is 4.79 Å². The number of hydrogen-bond donors (Lipinski definition) is 1. The van der Waals surface area contributed by atoms with E-state index in [-0.39, 0.29) is 23.6 Å². The summed E-state index contributed by atoms with van der Waals surface area (Å²) in [7, 11) is 0. The quantitative estimate of drug-likeness (QED) is 0.328. The van der Waals surface area contributed by atoms with Gasteiger partial charge in [0, 0.05) is 35.0 Å². The minimum absolute atomic E-state index is 0.0130. The number of nitrogens with zero attached hydrogens (tertiary/aromatic N) is 2. The lowest BCUT2D eigenvalue weighted by atomic mass is 9.80. The first-order valence-electron chi connectivity index (χ1n) is 11.2. The number of hydrogen-bond acceptors (Lipinski definition) is 3. The van der Waals surface area contributed by atoms with Crippen molar-refractivity contribution in [1.29, 1.82) is 0 Å². The molecule has 1 fully saturated rings. The van der Waals surface area contributed by atoms with Gasteiger partial charge in [-0.2, -0.15) is 5.10 Å². The van der Waals surface area contributed by atoms with Crippen molar-refractivity contribution in [2.24, 2.45) is 5.41 Å². The fourth-order valence-corrected chi connectivity index (χ4v) is 5.10. The molecule has 0 bridgehead atoms. The number of aliphatic hydroxyl groups is 1. The number of carbonyl (C=O) groups is 1. The summed E-state index contributed by atoms with van der Waals surface area (Å²) in [5.41, 5.74) is 3.18. The van der Waals surface area contributed by atoms with Gasteiger partial charge < -0.3 is 5.11 Å². The van der Waals surface area contributed by atoms with Crippen LogP contribution in [0.25, 0.3) is 27.8 Å². The van der Waals surface area contributed by atoms with Crippen molar-refractivity contribution in [1.82, 2.24) is 9.78 Å². The molecule has 168 valence electrons. The molecule has 1 N–H and O–H groups in total. The molecule has 0 amide bonds. The van der Waals surface area contributed by atoms with Crippen molar-refractivity contribution in [2.45, 2.75) is 32.1 Å². The van der Waals surface area contributed by atoms with Gasteiger partial charge in [0.1, 0.15) is 11.5 Å². The summed E-state index contributed by atoms with van der Waals surface area (Å²) in [6, 6.07) is 19.1. The van der Waals surface area contributed by atoms with E-state index in [0.29, 0.717) is 28.4 Å². The highest BCUT2D eigenvalue weighted by Crippen LogP contribution is 2.42. The highest BCUT2D eigenvalue weighted by atomic mass is 35.5. The molecule has 1 aliphatic rings. The molecule has 0 unspecified atom stereocenters. The first-order chi connectivity index (χ1) is 16.0. The lowest BCUT2D eigenvalue weighted by Gasteiger charge is -2.25. The topological polar surface area (TPSA) is 55.1 Å². The van der Waals surface area contributed by atoms with Crippen LogP contribution in [0.4, 0.5) is 4.39 Å². The van der Waals surface area contributed by atoms with Crippen LogP contribution in [0.1, 0.15) is 42.5 Å². The number of aliphatic hydroxyl groups excluding tert-OH is 1. The largest absolute Gasteiger partial charge is 0.396 e. The number of fused-ring (bicyclic) bond motifs is 1. The minimum Gasteiger partial charge on any atom is -0.396 e. The van der Waals surface area contributed by atoms with E-state index in [1.165, 1.54) is 12.1 Å². The Hall–Kier alpha value is -3.02. The second kappa shape index (κ2) is 8.73. The van der Waals surface area contributed by atoms with Crippen molar-refractivity contribution in [3.63, 3.8) is 0 Å². The highest BCUT2D eigenvalue weighted by molar-refractivity contribution is 6.33. The van der Waals surface area contributed by atoms with Gasteiger partial charge in [0.25, 0.3) is 0 Å². The number of carbonyl (C=O) groups excluding carboxylic acids is 1. The molecule has 0 spiro atoms. The third kappa shape index (κ3) is 4.07. The summed E-state index contributed by atoms with van der Waals surface area (Å²) in [4.78, 5) is 13.2. The number of ketones is 1. The number of halogens is 2. The maximum absolute atomic E-state index is 13.6. The van der Waals surface area contributed by atoms with Gasteiger partial charge in [0.2, 0.25) is 0 Å². The van der Waals surface area contributed by atoms with Crippen LogP contribution >= 0.6 is 11.6 Å². The summed E-state index contributed by atoms with van der Waals surface area (Å²) in [6.45, 7) is 0.0329. The zero-order valence-electron chi connectivity index (χ0n) is 18.1. The molecule has 4 nitrogen and oxygen atoms in total. The van der Waals surface area contributed by atoms with Gasteiger partial charge in [0.15, 0.2) is 5.78 Å². The lowest BCUT2D eigenvalue weighted by molar-refractivity contribution is 0.0793. The molecule has 5 rings (SSSR count). The molecule has 0 radical (unpaired) electrons. The molecule has 0 atom stereocenters. The molecule has 1 saturated carbocycles. The van der Waals surface area contributed by atoms with E-state index >= 15 is 0 Å². The van der Waals surface area contributed by atoms with Crippen LogP contribution in [0, 0.1) is 11.2 Å². The predicted molar refractivity (Wildman–Crippen MR) is 128 cm³/mol. The Bertz CT molecular complexity index is 1320. The Kier molecular flexibility index (Phi) is 5.77. The number of benzene rings is 3. The number of Topliss-reactive ketones (excluding diaryl/α,β-unsaturated/α-hetero) is 1. The maximum atomic E-state index is 13.6. The van der Waals surface area contributed by atoms with Crippen LogP contribution in [0.2, 0.25) is 5.02 Å². The Labute approximate surface area is 196 Å². The summed E-state index contributed by atoms with van der Waals surface area (Å²) in [5, 5.41) is 16.2. The molecule has 0 saturated heterocycles. The van der Waals surface area contributed by atoms with Crippen LogP contribution in [0.3, 0.4) is 0 Å². The Morgan fingerprint density at radius 2 is 1.79 bits per heavy atom. The van der Waals surface area contributed by atoms with Crippen LogP contribution in [-0.2, 0) is 0 Å². The van der Waals surface area contributed by atoms with Gasteiger partial charge >= 0.3 is 0 Å². The second-order valence-electron chi connectivity index (χ2n) is 8.91. The zero-order chi connectivity index (χ0) is 23.0. The average molecular weight is 463 g/mol. The van der Waals surface area contributed by atoms with Crippen LogP contribution in [-0.4, -0.2) is 27.3 Å². The molecule has 4 aromatic rings. The maximum Gasteiger partial charge on any atom is 0.163 e. The molecular weight excluding hydrogens is 439 g/mol. The molecule has 3 aromatic carbocycles. The SMILES string of the molecule is O=C(CC1(CO)CCCC1)c1ccc2c(-c3ccccc3Cl)nn(-c3ccc(F)cc3)c2c1. The molecule has 0 aliphatic heterocycles. The van der Waals surface area contributed by atoms with Gasteiger partial charge in [-0.25, -0.2) is 9.07 Å². The molecule has 1 aromatic heterocycles. The van der Waals surface area contributed by atoms with E-state index < -0.39 is 0 Å². The van der Waals surface area contributed by atoms with Crippen molar-refractivity contribution in [2.75, 3.05) is 6.61 Å². The molecule has 33 heavy (non-hydrogen) atoms. The third-order valence-corrected chi connectivity index (χ3v) is 7.07. The van der Waals surface area contributed by atoms with E-state index in [1.54, 1.807) is 16.8 Å². The highest BCUT2D eigenvalue weighted by Gasteiger charge is 2.35. The lowest BCUT2D eigenvalue weighted by Crippen LogP contribution is -2.25. The minimum atomic E-state index is -0.330. The smallest absolute Gasteiger partial charge is 0.163 e. The van der Waals surface area contributed by atoms with Gasteiger partial charge in [0.05, 0.1) is 16.2 Å². The first kappa shape index (κ1) is 21.8. The van der Waals surface area contributed by atoms with Gasteiger partial charge in [-0.05, 0) is 55.3 Å². The van der Waals surface area contributed by atoms with E-state index in [0.717, 1.165) is 42.1 Å². The normalized spacial score (nSPS) is 15.2. The van der Waals surface area contributed by atoms with Crippen molar-refractivity contribution in [3.05, 3.63) is 83.1 Å². The Morgan fingerprint density at radius 1 is 1.06 bits per heavy atom. The van der Waals surface area contributed by atoms with E-state index in [1.807, 2.05) is 42.5 Å². The standard InChI is InChI=1S/C27H24ClFN2O2/c28-23-6-2-1-5-21(23)26-22-12-7-18(25(33)16-27(17-32)13-3-4-14-27)15-24(22)31(30-26)20-10-8-19(29)9-11-20/h1-2,5-12,15,32H,3-4,13-14,16-17H2. The van der Waals surface area contributed by atoms with E-state index in [9.17, 15) is 14.3 Å². The Morgan fingerprint density at radius 3 is 2.48 bits per heavy atom. The number of rotatable bonds is 6. The summed E-state index contributed by atoms with van der Waals surface area (Å²) >= 11 is 6.47. The first-order valence-corrected chi connectivity index (χ1v) is 11.6. The molecule has 1 heterocycles. The summed E-state index contributed by atoms with van der Waals surface area (Å²) < 4.78 is 15.3. The number of aromatic nitrogens is 2. The molecule has 6 heteroatoms. The summed E-state index contributed by atoms with van der Waals surface area (Å²) in [6.07, 6.45) is 4.18. The van der Waals surface area contributed by atoms with Crippen molar-refractivity contribution in [3.8, 4) is 16.9 Å². The third-order valence-electron chi connectivity index (χ3n) is 6.74. The Balaban J connectivity index is 1.63. The fourth-order valence-electron chi connectivity index (χ4n) is 4.88. The van der Waals surface area contributed by atoms with Gasteiger partial charge in [-0.1, -0.05) is 48.7 Å². The molecule has 1 aliphatic carbocycles. The van der Waals surface area contributed by atoms with E-state index in [2.05, 4.69) is 0 Å². The zero-order valence-corrected chi connectivity index (χ0v) is 18.9. The monoisotopic (exact) mass is 462 g/mol. The predicted octanol–water partition coefficient (Wildman–Crippen LogP) is 6.61. The van der Waals surface area contributed by atoms with Crippen molar-refractivity contribution >= 4 is 28.3 Å². The fraction of sp³-hybridized carbons (Fsp3) is 0.259. The summed E-state index contributed by atoms with van der Waals surface area (Å²) in [5.74, 6) is -0.317. The van der Waals surface area contributed by atoms with Crippen molar-refractivity contribution < 1.29 is 14.3 Å². The average Bonchev–Trinajstić information content (AvgIpc) is 3.45. The second-order valence-corrected chi connectivity index (χ2v) is 9.32. The van der Waals surface area contributed by atoms with E-state index in [4.69, 9.17) is 16.7 Å². The van der Waals surface area contributed by atoms with Crippen LogP contribution < -0.4 is 0 Å². The van der Waals surface area contributed by atoms with Gasteiger partial charge in [-0.15, -0.1) is 0 Å². The van der Waals surface area contributed by atoms with Crippen LogP contribution in [0.15, 0.2) is 66.7 Å². The van der Waals surface area contributed by atoms with Crippen LogP contribution in [0.5, 0.6) is 0 Å². The molecular formula is C27H24ClFN2O2.